The Hall–Kier alpha value is -3.39. The molecule has 1 aromatic carbocycles. The van der Waals surface area contributed by atoms with Gasteiger partial charge < -0.3 is 29.8 Å². The number of carbonyl (C=O) groups excluding carboxylic acids is 1. The van der Waals surface area contributed by atoms with Gasteiger partial charge in [0.05, 0.1) is 11.5 Å². The Morgan fingerprint density at radius 1 is 1.35 bits per heavy atom. The number of rotatable bonds is 10. The second-order valence-electron chi connectivity index (χ2n) is 7.61. The Labute approximate surface area is 194 Å². The van der Waals surface area contributed by atoms with Gasteiger partial charge in [-0.2, -0.15) is 4.98 Å². The quantitative estimate of drug-likeness (QED) is 0.211. The number of ether oxygens (including phenoxy) is 4. The fourth-order valence-corrected chi connectivity index (χ4v) is 3.43. The molecule has 1 unspecified atom stereocenters. The van der Waals surface area contributed by atoms with Gasteiger partial charge >= 0.3 is 11.7 Å². The van der Waals surface area contributed by atoms with Gasteiger partial charge in [-0.05, 0) is 25.0 Å². The third kappa shape index (κ3) is 6.35. The highest BCUT2D eigenvalue weighted by Gasteiger charge is 2.47. The van der Waals surface area contributed by atoms with Crippen molar-refractivity contribution in [3.63, 3.8) is 0 Å². The maximum absolute atomic E-state index is 12.3. The van der Waals surface area contributed by atoms with Gasteiger partial charge in [-0.3, -0.25) is 19.5 Å². The van der Waals surface area contributed by atoms with E-state index in [1.165, 1.54) is 31.3 Å². The second kappa shape index (κ2) is 11.2. The van der Waals surface area contributed by atoms with E-state index >= 15 is 0 Å². The Bertz CT molecular complexity index is 1060. The van der Waals surface area contributed by atoms with Gasteiger partial charge in [0, 0.05) is 25.3 Å². The number of hydrogen-bond donors (Lipinski definition) is 2. The van der Waals surface area contributed by atoms with Crippen molar-refractivity contribution in [3.05, 3.63) is 62.7 Å². The number of aromatic nitrogens is 2. The molecule has 3 rings (SSSR count). The van der Waals surface area contributed by atoms with E-state index in [0.717, 1.165) is 10.1 Å². The van der Waals surface area contributed by atoms with Crippen LogP contribution in [0.15, 0.2) is 41.3 Å². The lowest BCUT2D eigenvalue weighted by atomic mass is 10.1. The minimum Gasteiger partial charge on any atom is -0.463 e. The Balaban J connectivity index is 1.65. The van der Waals surface area contributed by atoms with Gasteiger partial charge in [0.1, 0.15) is 30.7 Å². The van der Waals surface area contributed by atoms with Crippen molar-refractivity contribution >= 4 is 17.5 Å². The molecule has 1 aromatic heterocycles. The lowest BCUT2D eigenvalue weighted by Gasteiger charge is -2.25. The Morgan fingerprint density at radius 3 is 2.68 bits per heavy atom. The number of esters is 1. The molecule has 0 saturated carbocycles. The number of hydrogen-bond acceptors (Lipinski definition) is 11. The zero-order valence-corrected chi connectivity index (χ0v) is 18.6. The molecule has 1 aliphatic heterocycles. The van der Waals surface area contributed by atoms with Gasteiger partial charge in [-0.25, -0.2) is 4.79 Å². The van der Waals surface area contributed by atoms with Crippen molar-refractivity contribution in [1.29, 1.82) is 0 Å². The van der Waals surface area contributed by atoms with Crippen LogP contribution in [-0.4, -0.2) is 63.4 Å². The number of nitro benzene ring substituents is 1. The van der Waals surface area contributed by atoms with Crippen LogP contribution in [0.3, 0.4) is 0 Å². The van der Waals surface area contributed by atoms with E-state index in [1.807, 2.05) is 0 Å². The van der Waals surface area contributed by atoms with Crippen LogP contribution in [0.1, 0.15) is 25.6 Å². The summed E-state index contributed by atoms with van der Waals surface area (Å²) in [6, 6.07) is 7.49. The summed E-state index contributed by atoms with van der Waals surface area (Å²) in [6.45, 7) is 2.83. The highest BCUT2D eigenvalue weighted by molar-refractivity contribution is 5.65. The lowest BCUT2D eigenvalue weighted by molar-refractivity contribution is -0.384. The largest absolute Gasteiger partial charge is 0.463 e. The number of carbonyl (C=O) groups is 1. The molecule has 34 heavy (non-hydrogen) atoms. The standard InChI is InChI=1S/C21H26N4O9/c1-12(26)32-11-16-18(27)19(20(34-16)24-9-7-17(22)23-21(24)28)33-13(2)31-10-8-14-3-5-15(6-4-14)25(29)30/h3-7,9,13,16,18-20,27H,8,10-11H2,1-2H3,(H2,22,23,28)/t13?,16-,18-,19-,20-/m1/s1. The van der Waals surface area contributed by atoms with Crippen LogP contribution < -0.4 is 11.4 Å². The highest BCUT2D eigenvalue weighted by Crippen LogP contribution is 2.32. The number of anilines is 1. The van der Waals surface area contributed by atoms with Crippen LogP contribution in [0, 0.1) is 10.1 Å². The monoisotopic (exact) mass is 478 g/mol. The summed E-state index contributed by atoms with van der Waals surface area (Å²) in [5, 5.41) is 21.5. The maximum Gasteiger partial charge on any atom is 0.351 e. The van der Waals surface area contributed by atoms with Crippen molar-refractivity contribution in [1.82, 2.24) is 9.55 Å². The number of nitrogen functional groups attached to an aromatic ring is 1. The van der Waals surface area contributed by atoms with Crippen LogP contribution in [0.2, 0.25) is 0 Å². The number of benzene rings is 1. The third-order valence-electron chi connectivity index (χ3n) is 5.13. The summed E-state index contributed by atoms with van der Waals surface area (Å²) in [5.41, 5.74) is 5.68. The van der Waals surface area contributed by atoms with Crippen LogP contribution in [0.25, 0.3) is 0 Å². The molecule has 1 saturated heterocycles. The van der Waals surface area contributed by atoms with E-state index in [0.29, 0.717) is 6.42 Å². The summed E-state index contributed by atoms with van der Waals surface area (Å²) in [7, 11) is 0. The molecule has 0 aliphatic carbocycles. The average molecular weight is 478 g/mol. The van der Waals surface area contributed by atoms with Gasteiger partial charge in [-0.1, -0.05) is 12.1 Å². The molecule has 0 spiro atoms. The van der Waals surface area contributed by atoms with Gasteiger partial charge in [-0.15, -0.1) is 0 Å². The fraction of sp³-hybridized carbons (Fsp3) is 0.476. The number of nitrogens with two attached hydrogens (primary N) is 1. The molecular weight excluding hydrogens is 452 g/mol. The molecule has 0 radical (unpaired) electrons. The zero-order chi connectivity index (χ0) is 24.8. The second-order valence-corrected chi connectivity index (χ2v) is 7.61. The minimum atomic E-state index is -1.24. The first kappa shape index (κ1) is 25.2. The number of non-ortho nitro benzene ring substituents is 1. The SMILES string of the molecule is CC(=O)OC[C@H]1O[C@@H](n2ccc(N)nc2=O)[C@H](OC(C)OCCc2ccc([N+](=O)[O-])cc2)[C@@H]1O. The summed E-state index contributed by atoms with van der Waals surface area (Å²) in [6.07, 6.45) is -3.28. The van der Waals surface area contributed by atoms with Crippen molar-refractivity contribution in [3.8, 4) is 0 Å². The molecule has 2 heterocycles. The third-order valence-corrected chi connectivity index (χ3v) is 5.13. The maximum atomic E-state index is 12.3. The van der Waals surface area contributed by atoms with Crippen molar-refractivity contribution in [2.45, 2.75) is 51.1 Å². The predicted octanol–water partition coefficient (Wildman–Crippen LogP) is 0.546. The van der Waals surface area contributed by atoms with Crippen LogP contribution in [0.5, 0.6) is 0 Å². The normalized spacial score (nSPS) is 22.9. The van der Waals surface area contributed by atoms with E-state index in [4.69, 9.17) is 24.7 Å². The molecular formula is C21H26N4O9. The topological polar surface area (TPSA) is 178 Å². The average Bonchev–Trinajstić information content (AvgIpc) is 3.07. The predicted molar refractivity (Wildman–Crippen MR) is 117 cm³/mol. The molecule has 1 fully saturated rings. The minimum absolute atomic E-state index is 0.00154. The van der Waals surface area contributed by atoms with Gasteiger partial charge in [0.2, 0.25) is 0 Å². The summed E-state index contributed by atoms with van der Waals surface area (Å²) in [4.78, 5) is 37.4. The molecule has 1 aliphatic rings. The first-order chi connectivity index (χ1) is 16.2. The number of nitrogens with zero attached hydrogens (tertiary/aromatic N) is 3. The van der Waals surface area contributed by atoms with E-state index in [-0.39, 0.29) is 24.7 Å². The molecule has 184 valence electrons. The Morgan fingerprint density at radius 2 is 2.06 bits per heavy atom. The molecule has 0 bridgehead atoms. The van der Waals surface area contributed by atoms with E-state index in [9.17, 15) is 24.8 Å². The smallest absolute Gasteiger partial charge is 0.351 e. The number of aliphatic hydroxyl groups excluding tert-OH is 1. The van der Waals surface area contributed by atoms with Crippen molar-refractivity contribution in [2.24, 2.45) is 0 Å². The Kier molecular flexibility index (Phi) is 8.28. The van der Waals surface area contributed by atoms with E-state index in [2.05, 4.69) is 4.98 Å². The fourth-order valence-electron chi connectivity index (χ4n) is 3.43. The molecule has 0 amide bonds. The first-order valence-electron chi connectivity index (χ1n) is 10.5. The summed E-state index contributed by atoms with van der Waals surface area (Å²) >= 11 is 0. The molecule has 13 nitrogen and oxygen atoms in total. The number of nitro groups is 1. The van der Waals surface area contributed by atoms with Gasteiger partial charge in [0.15, 0.2) is 12.5 Å². The van der Waals surface area contributed by atoms with Crippen LogP contribution in [-0.2, 0) is 30.2 Å². The molecule has 3 N–H and O–H groups in total. The first-order valence-corrected chi connectivity index (χ1v) is 10.5. The van der Waals surface area contributed by atoms with Crippen molar-refractivity contribution < 1.29 is 33.8 Å². The van der Waals surface area contributed by atoms with Crippen molar-refractivity contribution in [2.75, 3.05) is 18.9 Å². The van der Waals surface area contributed by atoms with Crippen LogP contribution in [0.4, 0.5) is 11.5 Å². The van der Waals surface area contributed by atoms with Gasteiger partial charge in [0.25, 0.3) is 5.69 Å². The highest BCUT2D eigenvalue weighted by atomic mass is 16.7. The molecule has 13 heteroatoms. The summed E-state index contributed by atoms with van der Waals surface area (Å²) in [5.74, 6) is -0.525. The zero-order valence-electron chi connectivity index (χ0n) is 18.6. The number of aliphatic hydroxyl groups is 1. The van der Waals surface area contributed by atoms with Crippen LogP contribution >= 0.6 is 0 Å². The van der Waals surface area contributed by atoms with E-state index in [1.54, 1.807) is 19.1 Å². The lowest BCUT2D eigenvalue weighted by Crippen LogP contribution is -2.40. The summed E-state index contributed by atoms with van der Waals surface area (Å²) < 4.78 is 23.4. The molecule has 2 aromatic rings. The van der Waals surface area contributed by atoms with E-state index < -0.39 is 47.4 Å². The molecule has 5 atom stereocenters.